The molecule has 0 saturated carbocycles. The minimum Gasteiger partial charge on any atom is -0.476 e. The minimum absolute atomic E-state index is 0.0476. The molecule has 0 amide bonds. The number of carboxylic acid groups (broad SMARTS) is 1. The summed E-state index contributed by atoms with van der Waals surface area (Å²) in [6.07, 6.45) is 0. The number of carboxylic acids is 1. The predicted molar refractivity (Wildman–Crippen MR) is 82.9 cm³/mol. The Kier molecular flexibility index (Phi) is 4.57. The second-order valence-electron chi connectivity index (χ2n) is 4.81. The highest BCUT2D eigenvalue weighted by molar-refractivity contribution is 7.12. The molecule has 2 rings (SSSR count). The third kappa shape index (κ3) is 3.08. The van der Waals surface area contributed by atoms with E-state index in [1.165, 1.54) is 27.3 Å². The Morgan fingerprint density at radius 3 is 2.60 bits per heavy atom. The molecule has 1 atom stereocenters. The van der Waals surface area contributed by atoms with Gasteiger partial charge in [0.15, 0.2) is 5.69 Å². The number of aromatic nitrogens is 1. The number of aromatic carboxylic acids is 1. The predicted octanol–water partition coefficient (Wildman–Crippen LogP) is 3.68. The molecule has 0 aliphatic carbocycles. The van der Waals surface area contributed by atoms with Crippen molar-refractivity contribution < 1.29 is 9.90 Å². The van der Waals surface area contributed by atoms with Gasteiger partial charge in [0, 0.05) is 16.3 Å². The normalized spacial score (nSPS) is 12.6. The lowest BCUT2D eigenvalue weighted by Gasteiger charge is -2.11. The average molecular weight is 310 g/mol. The van der Waals surface area contributed by atoms with Crippen molar-refractivity contribution in [2.24, 2.45) is 0 Å². The van der Waals surface area contributed by atoms with Crippen LogP contribution in [0.4, 0.5) is 0 Å². The highest BCUT2D eigenvalue weighted by Crippen LogP contribution is 2.25. The molecular weight excluding hydrogens is 292 g/mol. The van der Waals surface area contributed by atoms with Crippen LogP contribution in [0.3, 0.4) is 0 Å². The van der Waals surface area contributed by atoms with Crippen LogP contribution in [-0.2, 0) is 6.54 Å². The van der Waals surface area contributed by atoms with E-state index in [9.17, 15) is 4.79 Å². The van der Waals surface area contributed by atoms with Gasteiger partial charge in [0.05, 0.1) is 6.04 Å². The molecule has 0 aromatic carbocycles. The van der Waals surface area contributed by atoms with Gasteiger partial charge in [-0.25, -0.2) is 9.78 Å². The van der Waals surface area contributed by atoms with Crippen LogP contribution in [0.2, 0.25) is 0 Å². The number of carbonyl (C=O) groups is 1. The van der Waals surface area contributed by atoms with Crippen LogP contribution in [-0.4, -0.2) is 16.1 Å². The van der Waals surface area contributed by atoms with Crippen LogP contribution in [0.25, 0.3) is 0 Å². The van der Waals surface area contributed by atoms with Crippen LogP contribution < -0.4 is 5.32 Å². The van der Waals surface area contributed by atoms with Crippen molar-refractivity contribution in [3.8, 4) is 0 Å². The number of rotatable bonds is 5. The van der Waals surface area contributed by atoms with E-state index in [0.29, 0.717) is 0 Å². The van der Waals surface area contributed by atoms with Gasteiger partial charge in [-0.15, -0.1) is 22.7 Å². The number of hydrogen-bond donors (Lipinski definition) is 2. The maximum atomic E-state index is 11.0. The van der Waals surface area contributed by atoms with Crippen molar-refractivity contribution in [3.05, 3.63) is 37.0 Å². The minimum atomic E-state index is -0.957. The summed E-state index contributed by atoms with van der Waals surface area (Å²) in [5.41, 5.74) is 2.79. The summed E-state index contributed by atoms with van der Waals surface area (Å²) in [5.74, 6) is -0.957. The molecule has 20 heavy (non-hydrogen) atoms. The topological polar surface area (TPSA) is 62.2 Å². The number of nitrogens with one attached hydrogen (secondary N) is 1. The van der Waals surface area contributed by atoms with E-state index in [2.05, 4.69) is 29.5 Å². The van der Waals surface area contributed by atoms with Crippen LogP contribution >= 0.6 is 22.7 Å². The van der Waals surface area contributed by atoms with Gasteiger partial charge in [0.25, 0.3) is 0 Å². The molecule has 108 valence electrons. The molecule has 0 fully saturated rings. The number of thiophene rings is 1. The summed E-state index contributed by atoms with van der Waals surface area (Å²) in [6.45, 7) is 8.83. The highest BCUT2D eigenvalue weighted by atomic mass is 32.1. The zero-order valence-corrected chi connectivity index (χ0v) is 13.6. The third-order valence-corrected chi connectivity index (χ3v) is 5.59. The number of hydrogen-bond acceptors (Lipinski definition) is 5. The molecule has 0 radical (unpaired) electrons. The summed E-state index contributed by atoms with van der Waals surface area (Å²) in [6, 6.07) is 0.0476. The first-order valence-electron chi connectivity index (χ1n) is 6.37. The van der Waals surface area contributed by atoms with Gasteiger partial charge in [0.2, 0.25) is 0 Å². The molecule has 0 aliphatic heterocycles. The van der Waals surface area contributed by atoms with Crippen LogP contribution in [0.5, 0.6) is 0 Å². The van der Waals surface area contributed by atoms with E-state index < -0.39 is 5.97 Å². The second-order valence-corrected chi connectivity index (χ2v) is 7.13. The Bertz CT molecular complexity index is 631. The molecule has 2 N–H and O–H groups in total. The summed E-state index contributed by atoms with van der Waals surface area (Å²) >= 11 is 3.20. The zero-order chi connectivity index (χ0) is 14.9. The van der Waals surface area contributed by atoms with Crippen molar-refractivity contribution in [2.45, 2.75) is 40.3 Å². The molecule has 0 aliphatic rings. The summed E-state index contributed by atoms with van der Waals surface area (Å²) in [7, 11) is 0. The fraction of sp³-hybridized carbons (Fsp3) is 0.429. The monoisotopic (exact) mass is 310 g/mol. The van der Waals surface area contributed by atoms with E-state index in [-0.39, 0.29) is 11.7 Å². The molecule has 0 saturated heterocycles. The van der Waals surface area contributed by atoms with Gasteiger partial charge in [-0.1, -0.05) is 0 Å². The molecule has 2 heterocycles. The standard InChI is InChI=1S/C14H18N2O2S2/c1-7-9(3)19-6-11(7)5-15-8(2)13-16-12(14(17)18)10(4)20-13/h6,8,15H,5H2,1-4H3,(H,17,18). The van der Waals surface area contributed by atoms with Gasteiger partial charge >= 0.3 is 5.97 Å². The number of thiazole rings is 1. The molecule has 0 spiro atoms. The number of nitrogens with zero attached hydrogens (tertiary/aromatic N) is 1. The van der Waals surface area contributed by atoms with E-state index in [1.54, 1.807) is 18.3 Å². The van der Waals surface area contributed by atoms with E-state index >= 15 is 0 Å². The van der Waals surface area contributed by atoms with E-state index in [0.717, 1.165) is 16.4 Å². The maximum Gasteiger partial charge on any atom is 0.355 e. The number of aryl methyl sites for hydroxylation is 2. The van der Waals surface area contributed by atoms with Gasteiger partial charge in [-0.3, -0.25) is 0 Å². The van der Waals surface area contributed by atoms with Gasteiger partial charge in [-0.2, -0.15) is 0 Å². The first kappa shape index (κ1) is 15.2. The smallest absolute Gasteiger partial charge is 0.355 e. The van der Waals surface area contributed by atoms with Crippen molar-refractivity contribution >= 4 is 28.6 Å². The first-order valence-corrected chi connectivity index (χ1v) is 8.07. The van der Waals surface area contributed by atoms with Gasteiger partial charge in [-0.05, 0) is 44.2 Å². The van der Waals surface area contributed by atoms with Gasteiger partial charge < -0.3 is 10.4 Å². The van der Waals surface area contributed by atoms with Crippen molar-refractivity contribution in [3.63, 3.8) is 0 Å². The molecule has 2 aromatic rings. The quantitative estimate of drug-likeness (QED) is 0.884. The van der Waals surface area contributed by atoms with Crippen molar-refractivity contribution in [2.75, 3.05) is 0 Å². The first-order chi connectivity index (χ1) is 9.40. The Balaban J connectivity index is 2.05. The summed E-state index contributed by atoms with van der Waals surface area (Å²) < 4.78 is 0. The Morgan fingerprint density at radius 2 is 2.10 bits per heavy atom. The Labute approximate surface area is 126 Å². The summed E-state index contributed by atoms with van der Waals surface area (Å²) in [5, 5.41) is 15.4. The molecule has 2 aromatic heterocycles. The highest BCUT2D eigenvalue weighted by Gasteiger charge is 2.17. The zero-order valence-electron chi connectivity index (χ0n) is 12.0. The Morgan fingerprint density at radius 1 is 1.40 bits per heavy atom. The second kappa shape index (κ2) is 6.03. The largest absolute Gasteiger partial charge is 0.476 e. The van der Waals surface area contributed by atoms with Crippen LogP contribution in [0.1, 0.15) is 49.3 Å². The van der Waals surface area contributed by atoms with Crippen molar-refractivity contribution in [1.29, 1.82) is 0 Å². The van der Waals surface area contributed by atoms with Crippen LogP contribution in [0, 0.1) is 20.8 Å². The maximum absolute atomic E-state index is 11.0. The SMILES string of the molecule is Cc1sc(C(C)NCc2csc(C)c2C)nc1C(=O)O. The molecule has 0 bridgehead atoms. The van der Waals surface area contributed by atoms with Crippen molar-refractivity contribution in [1.82, 2.24) is 10.3 Å². The Hall–Kier alpha value is -1.24. The molecular formula is C14H18N2O2S2. The lowest BCUT2D eigenvalue weighted by molar-refractivity contribution is 0.0690. The van der Waals surface area contributed by atoms with Gasteiger partial charge in [0.1, 0.15) is 5.01 Å². The average Bonchev–Trinajstić information content (AvgIpc) is 2.92. The fourth-order valence-electron chi connectivity index (χ4n) is 1.89. The van der Waals surface area contributed by atoms with Crippen LogP contribution in [0.15, 0.2) is 5.38 Å². The molecule has 1 unspecified atom stereocenters. The molecule has 4 nitrogen and oxygen atoms in total. The lowest BCUT2D eigenvalue weighted by Crippen LogP contribution is -2.18. The summed E-state index contributed by atoms with van der Waals surface area (Å²) in [4.78, 5) is 17.3. The third-order valence-electron chi connectivity index (χ3n) is 3.37. The van der Waals surface area contributed by atoms with E-state index in [4.69, 9.17) is 5.11 Å². The molecule has 6 heteroatoms. The fourth-order valence-corrected chi connectivity index (χ4v) is 3.71. The van der Waals surface area contributed by atoms with E-state index in [1.807, 2.05) is 6.92 Å². The lowest BCUT2D eigenvalue weighted by atomic mass is 10.2.